The largest absolute Gasteiger partial charge is 0.504 e. The Hall–Kier alpha value is -1.30. The number of rotatable bonds is 2. The maximum atomic E-state index is 11.8. The summed E-state index contributed by atoms with van der Waals surface area (Å²) in [6.45, 7) is 9.29. The van der Waals surface area contributed by atoms with Crippen molar-refractivity contribution in [2.75, 3.05) is 13.7 Å². The summed E-state index contributed by atoms with van der Waals surface area (Å²) < 4.78 is 13.1. The van der Waals surface area contributed by atoms with E-state index in [2.05, 4.69) is 32.2 Å². The Kier molecular flexibility index (Phi) is 3.15. The average Bonchev–Trinajstić information content (AvgIpc) is 3.24. The number of benzene rings is 1. The predicted octanol–water partition coefficient (Wildman–Crippen LogP) is 2.90. The molecule has 2 heterocycles. The normalized spacial score (nSPS) is 45.7. The molecule has 2 aliphatic heterocycles. The van der Waals surface area contributed by atoms with Crippen LogP contribution >= 0.6 is 0 Å². The van der Waals surface area contributed by atoms with Crippen molar-refractivity contribution in [3.8, 4) is 11.5 Å². The highest BCUT2D eigenvalue weighted by atomic mass is 16.6. The van der Waals surface area contributed by atoms with Gasteiger partial charge in [-0.1, -0.05) is 26.8 Å². The fourth-order valence-corrected chi connectivity index (χ4v) is 8.33. The number of aliphatic hydroxyl groups is 1. The molecular weight excluding hydrogens is 366 g/mol. The van der Waals surface area contributed by atoms with Crippen LogP contribution in [0.15, 0.2) is 12.1 Å². The van der Waals surface area contributed by atoms with Crippen LogP contribution in [0.4, 0.5) is 0 Å². The van der Waals surface area contributed by atoms with Crippen LogP contribution in [0, 0.1) is 16.7 Å². The van der Waals surface area contributed by atoms with E-state index in [0.717, 1.165) is 32.2 Å². The third kappa shape index (κ3) is 1.67. The van der Waals surface area contributed by atoms with Crippen molar-refractivity contribution in [2.45, 2.75) is 82.1 Å². The van der Waals surface area contributed by atoms with E-state index in [9.17, 15) is 10.2 Å². The molecule has 5 unspecified atom stereocenters. The Morgan fingerprint density at radius 3 is 2.69 bits per heavy atom. The smallest absolute Gasteiger partial charge is 0.165 e. The van der Waals surface area contributed by atoms with Gasteiger partial charge in [-0.25, -0.2) is 0 Å². The van der Waals surface area contributed by atoms with Crippen LogP contribution in [-0.2, 0) is 16.6 Å². The van der Waals surface area contributed by atoms with Crippen LogP contribution in [-0.4, -0.2) is 47.2 Å². The fraction of sp³-hybridized carbons (Fsp3) is 0.750. The molecule has 3 fully saturated rings. The van der Waals surface area contributed by atoms with E-state index in [4.69, 9.17) is 9.47 Å². The number of hydrogen-bond donors (Lipinski definition) is 3. The standard InChI is InChI=1S/C24H33NO4/c1-20(2,3)21(4,27)15-11-22-12-24(15,28-5)19-23(22)8-9-25-16(22)10-13-6-7-14(26)18(29-19)17(13)23/h6-7,15-16,19,25-27H,8-12H2,1-5H3/t15-,16?,19?,21?,22?,23?,24-/m1/s1. The van der Waals surface area contributed by atoms with E-state index in [0.29, 0.717) is 11.8 Å². The van der Waals surface area contributed by atoms with Crippen LogP contribution in [0.25, 0.3) is 0 Å². The molecule has 7 atom stereocenters. The first-order chi connectivity index (χ1) is 13.6. The van der Waals surface area contributed by atoms with Gasteiger partial charge in [-0.3, -0.25) is 0 Å². The first kappa shape index (κ1) is 18.5. The SMILES string of the molecule is CO[C@]12CC3(C[C@@H]1C(C)(O)C(C)(C)C)C1Cc4ccc(O)c5c4C3(CCN1)C2O5. The Bertz CT molecular complexity index is 920. The third-order valence-electron chi connectivity index (χ3n) is 10.0. The molecule has 1 aromatic rings. The fourth-order valence-electron chi connectivity index (χ4n) is 8.33. The molecule has 5 heteroatoms. The Morgan fingerprint density at radius 1 is 1.24 bits per heavy atom. The van der Waals surface area contributed by atoms with Gasteiger partial charge in [-0.15, -0.1) is 0 Å². The van der Waals surface area contributed by atoms with Crippen molar-refractivity contribution >= 4 is 0 Å². The summed E-state index contributed by atoms with van der Waals surface area (Å²) in [5.41, 5.74) is 0.655. The van der Waals surface area contributed by atoms with Crippen LogP contribution in [0.3, 0.4) is 0 Å². The quantitative estimate of drug-likeness (QED) is 0.713. The number of methoxy groups -OCH3 is 1. The highest BCUT2D eigenvalue weighted by Crippen LogP contribution is 2.80. The molecule has 5 nitrogen and oxygen atoms in total. The molecule has 4 bridgehead atoms. The lowest BCUT2D eigenvalue weighted by Gasteiger charge is -2.61. The summed E-state index contributed by atoms with van der Waals surface area (Å²) in [4.78, 5) is 0. The summed E-state index contributed by atoms with van der Waals surface area (Å²) in [5.74, 6) is 0.886. The van der Waals surface area contributed by atoms with Crippen LogP contribution in [0.2, 0.25) is 0 Å². The van der Waals surface area contributed by atoms with Gasteiger partial charge in [0, 0.05) is 35.5 Å². The summed E-state index contributed by atoms with van der Waals surface area (Å²) in [6.07, 6.45) is 3.61. The Labute approximate surface area is 172 Å². The second-order valence-corrected chi connectivity index (χ2v) is 11.5. The molecule has 29 heavy (non-hydrogen) atoms. The highest BCUT2D eigenvalue weighted by molar-refractivity contribution is 5.64. The summed E-state index contributed by atoms with van der Waals surface area (Å²) >= 11 is 0. The number of hydrogen-bond acceptors (Lipinski definition) is 5. The Morgan fingerprint density at radius 2 is 2.00 bits per heavy atom. The predicted molar refractivity (Wildman–Crippen MR) is 109 cm³/mol. The van der Waals surface area contributed by atoms with Gasteiger partial charge in [0.25, 0.3) is 0 Å². The van der Waals surface area contributed by atoms with Gasteiger partial charge in [0.2, 0.25) is 0 Å². The molecule has 0 radical (unpaired) electrons. The zero-order valence-corrected chi connectivity index (χ0v) is 18.1. The number of phenolic OH excluding ortho intramolecular Hbond substituents is 1. The Balaban J connectivity index is 1.63. The average molecular weight is 400 g/mol. The number of nitrogens with one attached hydrogen (secondary N) is 1. The lowest BCUT2D eigenvalue weighted by Crippen LogP contribution is -2.71. The van der Waals surface area contributed by atoms with Crippen LogP contribution in [0.5, 0.6) is 11.5 Å². The van der Waals surface area contributed by atoms with Crippen molar-refractivity contribution in [1.29, 1.82) is 0 Å². The van der Waals surface area contributed by atoms with Gasteiger partial charge in [0.1, 0.15) is 11.7 Å². The maximum Gasteiger partial charge on any atom is 0.165 e. The third-order valence-corrected chi connectivity index (χ3v) is 10.0. The molecule has 3 N–H and O–H groups in total. The minimum atomic E-state index is -0.900. The van der Waals surface area contributed by atoms with Crippen molar-refractivity contribution in [3.05, 3.63) is 23.3 Å². The molecule has 5 aliphatic rings. The van der Waals surface area contributed by atoms with E-state index in [1.165, 1.54) is 11.1 Å². The number of fused-ring (bicyclic) bond motifs is 2. The van der Waals surface area contributed by atoms with Gasteiger partial charge in [-0.2, -0.15) is 0 Å². The van der Waals surface area contributed by atoms with E-state index in [1.807, 2.05) is 6.92 Å². The van der Waals surface area contributed by atoms with E-state index < -0.39 is 11.2 Å². The monoisotopic (exact) mass is 399 g/mol. The van der Waals surface area contributed by atoms with Gasteiger partial charge >= 0.3 is 0 Å². The molecule has 3 aliphatic carbocycles. The van der Waals surface area contributed by atoms with Crippen LogP contribution in [0.1, 0.15) is 58.1 Å². The van der Waals surface area contributed by atoms with Crippen molar-refractivity contribution in [3.63, 3.8) is 0 Å². The zero-order chi connectivity index (χ0) is 20.6. The summed E-state index contributed by atoms with van der Waals surface area (Å²) in [7, 11) is 1.79. The van der Waals surface area contributed by atoms with Crippen molar-refractivity contribution in [1.82, 2.24) is 5.32 Å². The van der Waals surface area contributed by atoms with Gasteiger partial charge in [0.15, 0.2) is 11.5 Å². The maximum absolute atomic E-state index is 11.8. The zero-order valence-electron chi connectivity index (χ0n) is 18.1. The minimum absolute atomic E-state index is 0.0160. The topological polar surface area (TPSA) is 71.0 Å². The van der Waals surface area contributed by atoms with E-state index >= 15 is 0 Å². The molecule has 1 aromatic carbocycles. The van der Waals surface area contributed by atoms with Crippen molar-refractivity contribution in [2.24, 2.45) is 16.7 Å². The number of ether oxygens (including phenoxy) is 2. The second kappa shape index (κ2) is 4.95. The minimum Gasteiger partial charge on any atom is -0.504 e. The van der Waals surface area contributed by atoms with Gasteiger partial charge in [-0.05, 0) is 56.2 Å². The number of aromatic hydroxyl groups is 1. The molecule has 158 valence electrons. The highest BCUT2D eigenvalue weighted by Gasteiger charge is 2.86. The first-order valence-corrected chi connectivity index (χ1v) is 11.1. The van der Waals surface area contributed by atoms with Crippen LogP contribution < -0.4 is 10.1 Å². The number of phenols is 1. The molecule has 2 saturated carbocycles. The molecule has 1 saturated heterocycles. The first-order valence-electron chi connectivity index (χ1n) is 11.1. The molecule has 6 rings (SSSR count). The molecule has 0 aromatic heterocycles. The lowest BCUT2D eigenvalue weighted by atomic mass is 9.46. The van der Waals surface area contributed by atoms with Gasteiger partial charge < -0.3 is 25.0 Å². The van der Waals surface area contributed by atoms with Crippen molar-refractivity contribution < 1.29 is 19.7 Å². The molecular formula is C24H33NO4. The summed E-state index contributed by atoms with van der Waals surface area (Å²) in [6, 6.07) is 4.22. The lowest BCUT2D eigenvalue weighted by molar-refractivity contribution is -0.208. The number of piperidine rings is 1. The molecule has 0 amide bonds. The second-order valence-electron chi connectivity index (χ2n) is 11.5. The van der Waals surface area contributed by atoms with E-state index in [-0.39, 0.29) is 34.0 Å². The van der Waals surface area contributed by atoms with E-state index in [1.54, 1.807) is 13.2 Å². The summed E-state index contributed by atoms with van der Waals surface area (Å²) in [5, 5.41) is 26.4. The molecule has 2 spiro atoms. The van der Waals surface area contributed by atoms with Gasteiger partial charge in [0.05, 0.1) is 5.60 Å².